The Morgan fingerprint density at radius 1 is 1.22 bits per heavy atom. The lowest BCUT2D eigenvalue weighted by atomic mass is 10.2. The molecule has 94 valence electrons. The number of aromatic hydroxyl groups is 1. The Morgan fingerprint density at radius 3 is 2.72 bits per heavy atom. The lowest BCUT2D eigenvalue weighted by Crippen LogP contribution is -1.98. The van der Waals surface area contributed by atoms with E-state index in [-0.39, 0.29) is 18.2 Å². The van der Waals surface area contributed by atoms with Crippen molar-refractivity contribution in [1.29, 1.82) is 0 Å². The molecule has 0 aliphatic rings. The highest BCUT2D eigenvalue weighted by atomic mass is 35.5. The van der Waals surface area contributed by atoms with Crippen LogP contribution in [0.3, 0.4) is 0 Å². The molecule has 4 heteroatoms. The standard InChI is InChI=1S/C14H12ClFO2/c1-9-4-12(17)7-13(5-9)18-8-10-6-11(15)2-3-14(10)16/h2-7,17H,8H2,1H3. The minimum absolute atomic E-state index is 0.0648. The van der Waals surface area contributed by atoms with Gasteiger partial charge in [0.15, 0.2) is 0 Å². The van der Waals surface area contributed by atoms with Gasteiger partial charge in [-0.2, -0.15) is 0 Å². The second-order valence-corrected chi connectivity index (χ2v) is 4.47. The van der Waals surface area contributed by atoms with Crippen molar-refractivity contribution in [3.63, 3.8) is 0 Å². The fourth-order valence-electron chi connectivity index (χ4n) is 1.63. The first kappa shape index (κ1) is 12.7. The van der Waals surface area contributed by atoms with Crippen molar-refractivity contribution in [3.05, 3.63) is 58.4 Å². The number of phenolic OH excluding ortho intramolecular Hbond substituents is 1. The molecule has 0 aliphatic carbocycles. The zero-order valence-corrected chi connectivity index (χ0v) is 10.5. The first-order valence-corrected chi connectivity index (χ1v) is 5.80. The van der Waals surface area contributed by atoms with Gasteiger partial charge in [-0.15, -0.1) is 0 Å². The lowest BCUT2D eigenvalue weighted by molar-refractivity contribution is 0.298. The van der Waals surface area contributed by atoms with E-state index >= 15 is 0 Å². The van der Waals surface area contributed by atoms with E-state index in [0.717, 1.165) is 5.56 Å². The highest BCUT2D eigenvalue weighted by molar-refractivity contribution is 6.30. The van der Waals surface area contributed by atoms with Gasteiger partial charge in [-0.05, 0) is 42.8 Å². The molecule has 0 bridgehead atoms. The second-order valence-electron chi connectivity index (χ2n) is 4.03. The Kier molecular flexibility index (Phi) is 3.72. The third-order valence-electron chi connectivity index (χ3n) is 2.44. The summed E-state index contributed by atoms with van der Waals surface area (Å²) in [7, 11) is 0. The third kappa shape index (κ3) is 3.14. The summed E-state index contributed by atoms with van der Waals surface area (Å²) in [4.78, 5) is 0. The van der Waals surface area contributed by atoms with Crippen LogP contribution in [0.25, 0.3) is 0 Å². The zero-order valence-electron chi connectivity index (χ0n) is 9.78. The molecule has 0 atom stereocenters. The van der Waals surface area contributed by atoms with E-state index < -0.39 is 0 Å². The van der Waals surface area contributed by atoms with Gasteiger partial charge in [-0.1, -0.05) is 11.6 Å². The van der Waals surface area contributed by atoms with Crippen LogP contribution in [0.5, 0.6) is 11.5 Å². The van der Waals surface area contributed by atoms with Crippen LogP contribution in [0, 0.1) is 12.7 Å². The Bertz CT molecular complexity index is 549. The maximum atomic E-state index is 13.4. The Balaban J connectivity index is 2.13. The zero-order chi connectivity index (χ0) is 13.1. The molecule has 2 aromatic rings. The van der Waals surface area contributed by atoms with Crippen molar-refractivity contribution in [2.45, 2.75) is 13.5 Å². The van der Waals surface area contributed by atoms with Crippen LogP contribution < -0.4 is 4.74 Å². The fourth-order valence-corrected chi connectivity index (χ4v) is 1.82. The average Bonchev–Trinajstić information content (AvgIpc) is 2.29. The highest BCUT2D eigenvalue weighted by Gasteiger charge is 2.05. The van der Waals surface area contributed by atoms with Gasteiger partial charge in [0.2, 0.25) is 0 Å². The van der Waals surface area contributed by atoms with Crippen LogP contribution in [-0.4, -0.2) is 5.11 Å². The quantitative estimate of drug-likeness (QED) is 0.907. The predicted molar refractivity (Wildman–Crippen MR) is 68.6 cm³/mol. The molecule has 0 radical (unpaired) electrons. The normalized spacial score (nSPS) is 10.4. The molecule has 18 heavy (non-hydrogen) atoms. The van der Waals surface area contributed by atoms with Crippen LogP contribution >= 0.6 is 11.6 Å². The summed E-state index contributed by atoms with van der Waals surface area (Å²) in [5, 5.41) is 9.87. The molecule has 0 saturated carbocycles. The van der Waals surface area contributed by atoms with E-state index in [0.29, 0.717) is 16.3 Å². The first-order valence-electron chi connectivity index (χ1n) is 5.42. The van der Waals surface area contributed by atoms with Gasteiger partial charge >= 0.3 is 0 Å². The summed E-state index contributed by atoms with van der Waals surface area (Å²) in [6, 6.07) is 9.17. The molecule has 0 aromatic heterocycles. The monoisotopic (exact) mass is 266 g/mol. The smallest absolute Gasteiger partial charge is 0.129 e. The van der Waals surface area contributed by atoms with Crippen LogP contribution in [0.1, 0.15) is 11.1 Å². The van der Waals surface area contributed by atoms with E-state index in [4.69, 9.17) is 16.3 Å². The van der Waals surface area contributed by atoms with Gasteiger partial charge in [-0.3, -0.25) is 0 Å². The highest BCUT2D eigenvalue weighted by Crippen LogP contribution is 2.23. The summed E-state index contributed by atoms with van der Waals surface area (Å²) < 4.78 is 18.9. The average molecular weight is 267 g/mol. The van der Waals surface area contributed by atoms with Gasteiger partial charge in [0.1, 0.15) is 23.9 Å². The largest absolute Gasteiger partial charge is 0.508 e. The van der Waals surface area contributed by atoms with Crippen LogP contribution in [0.15, 0.2) is 36.4 Å². The number of benzene rings is 2. The molecule has 2 aromatic carbocycles. The summed E-state index contributed by atoms with van der Waals surface area (Å²) >= 11 is 5.79. The van der Waals surface area contributed by atoms with Crippen molar-refractivity contribution in [2.24, 2.45) is 0 Å². The summed E-state index contributed by atoms with van der Waals surface area (Å²) in [5.41, 5.74) is 1.25. The number of halogens is 2. The molecule has 2 nitrogen and oxygen atoms in total. The second kappa shape index (κ2) is 5.27. The molecule has 0 aliphatic heterocycles. The first-order chi connectivity index (χ1) is 8.54. The molecule has 1 N–H and O–H groups in total. The van der Waals surface area contributed by atoms with E-state index in [1.807, 2.05) is 6.92 Å². The maximum Gasteiger partial charge on any atom is 0.129 e. The minimum atomic E-state index is -0.365. The molecule has 0 heterocycles. The van der Waals surface area contributed by atoms with Crippen molar-refractivity contribution in [2.75, 3.05) is 0 Å². The summed E-state index contributed by atoms with van der Waals surface area (Å²) in [6.07, 6.45) is 0. The number of aryl methyl sites for hydroxylation is 1. The molecule has 0 unspecified atom stereocenters. The van der Waals surface area contributed by atoms with Crippen molar-refractivity contribution in [1.82, 2.24) is 0 Å². The van der Waals surface area contributed by atoms with Gasteiger partial charge < -0.3 is 9.84 Å². The van der Waals surface area contributed by atoms with Crippen LogP contribution in [0.2, 0.25) is 5.02 Å². The molecule has 0 fully saturated rings. The van der Waals surface area contributed by atoms with Crippen molar-refractivity contribution < 1.29 is 14.2 Å². The Hall–Kier alpha value is -1.74. The Morgan fingerprint density at radius 2 is 2.00 bits per heavy atom. The molecule has 0 spiro atoms. The van der Waals surface area contributed by atoms with Crippen molar-refractivity contribution in [3.8, 4) is 11.5 Å². The minimum Gasteiger partial charge on any atom is -0.508 e. The maximum absolute atomic E-state index is 13.4. The van der Waals surface area contributed by atoms with Gasteiger partial charge in [0, 0.05) is 16.7 Å². The molecule has 0 amide bonds. The molecular formula is C14H12ClFO2. The number of hydrogen-bond acceptors (Lipinski definition) is 2. The van der Waals surface area contributed by atoms with Crippen LogP contribution in [-0.2, 0) is 6.61 Å². The lowest BCUT2D eigenvalue weighted by Gasteiger charge is -2.08. The van der Waals surface area contributed by atoms with E-state index in [1.54, 1.807) is 12.1 Å². The fraction of sp³-hybridized carbons (Fsp3) is 0.143. The van der Waals surface area contributed by atoms with Gasteiger partial charge in [0.25, 0.3) is 0 Å². The third-order valence-corrected chi connectivity index (χ3v) is 2.67. The molecule has 0 saturated heterocycles. The number of hydrogen-bond donors (Lipinski definition) is 1. The molecular weight excluding hydrogens is 255 g/mol. The van der Waals surface area contributed by atoms with Gasteiger partial charge in [0.05, 0.1) is 0 Å². The SMILES string of the molecule is Cc1cc(O)cc(OCc2cc(Cl)ccc2F)c1. The Labute approximate surface area is 110 Å². The molecule has 2 rings (SSSR count). The number of ether oxygens (including phenoxy) is 1. The van der Waals surface area contributed by atoms with E-state index in [2.05, 4.69) is 0 Å². The van der Waals surface area contributed by atoms with E-state index in [9.17, 15) is 9.50 Å². The predicted octanol–water partition coefficient (Wildman–Crippen LogP) is 4.07. The number of phenols is 1. The summed E-state index contributed by atoms with van der Waals surface area (Å²) in [5.74, 6) is 0.250. The van der Waals surface area contributed by atoms with Crippen LogP contribution in [0.4, 0.5) is 4.39 Å². The number of rotatable bonds is 3. The van der Waals surface area contributed by atoms with Gasteiger partial charge in [-0.25, -0.2) is 4.39 Å². The summed E-state index contributed by atoms with van der Waals surface area (Å²) in [6.45, 7) is 1.90. The van der Waals surface area contributed by atoms with E-state index in [1.165, 1.54) is 24.3 Å². The van der Waals surface area contributed by atoms with Crippen molar-refractivity contribution >= 4 is 11.6 Å². The topological polar surface area (TPSA) is 29.5 Å².